The predicted octanol–water partition coefficient (Wildman–Crippen LogP) is 6.46. The molecule has 6 rings (SSSR count). The van der Waals surface area contributed by atoms with Gasteiger partial charge in [0.1, 0.15) is 5.69 Å². The van der Waals surface area contributed by atoms with Crippen molar-refractivity contribution in [1.29, 1.82) is 0 Å². The Labute approximate surface area is 249 Å². The van der Waals surface area contributed by atoms with E-state index in [9.17, 15) is 0 Å². The second-order valence-corrected chi connectivity index (χ2v) is 13.4. The van der Waals surface area contributed by atoms with Gasteiger partial charge in [0.05, 0.1) is 41.7 Å². The van der Waals surface area contributed by atoms with Gasteiger partial charge in [0.15, 0.2) is 0 Å². The maximum absolute atomic E-state index is 6.77. The molecular formula is C35H31N3O2P2. The Morgan fingerprint density at radius 3 is 1.29 bits per heavy atom. The van der Waals surface area contributed by atoms with Crippen LogP contribution in [-0.2, 0) is 28.8 Å². The van der Waals surface area contributed by atoms with Crippen LogP contribution < -0.4 is 21.2 Å². The van der Waals surface area contributed by atoms with Crippen LogP contribution in [0.5, 0.6) is 0 Å². The Bertz CT molecular complexity index is 1570. The molecule has 0 unspecified atom stereocenters. The Balaban J connectivity index is 1.30. The second-order valence-electron chi connectivity index (χ2n) is 9.60. The highest BCUT2D eigenvalue weighted by molar-refractivity contribution is 7.68. The first-order valence-electron chi connectivity index (χ1n) is 13.9. The molecule has 208 valence electrons. The van der Waals surface area contributed by atoms with E-state index in [0.29, 0.717) is 19.8 Å². The molecule has 0 saturated carbocycles. The maximum Gasteiger partial charge on any atom is 0.114 e. The lowest BCUT2D eigenvalue weighted by Gasteiger charge is -2.20. The van der Waals surface area contributed by atoms with Crippen LogP contribution in [0.3, 0.4) is 0 Å². The Morgan fingerprint density at radius 2 is 0.857 bits per heavy atom. The van der Waals surface area contributed by atoms with Crippen LogP contribution in [0.15, 0.2) is 152 Å². The quantitative estimate of drug-likeness (QED) is 0.154. The number of aromatic nitrogens is 3. The number of benzene rings is 5. The van der Waals surface area contributed by atoms with Crippen molar-refractivity contribution < 1.29 is 9.05 Å². The highest BCUT2D eigenvalue weighted by atomic mass is 31.1. The lowest BCUT2D eigenvalue weighted by Crippen LogP contribution is -2.16. The van der Waals surface area contributed by atoms with Crippen molar-refractivity contribution in [3.8, 4) is 0 Å². The summed E-state index contributed by atoms with van der Waals surface area (Å²) in [5.74, 6) is 0. The molecule has 7 heteroatoms. The molecule has 0 atom stereocenters. The first kappa shape index (κ1) is 28.2. The third-order valence-electron chi connectivity index (χ3n) is 6.72. The molecule has 5 aromatic carbocycles. The lowest BCUT2D eigenvalue weighted by atomic mass is 10.2. The van der Waals surface area contributed by atoms with Gasteiger partial charge >= 0.3 is 0 Å². The van der Waals surface area contributed by atoms with E-state index in [4.69, 9.17) is 9.05 Å². The Kier molecular flexibility index (Phi) is 9.56. The van der Waals surface area contributed by atoms with E-state index in [0.717, 1.165) is 38.2 Å². The van der Waals surface area contributed by atoms with Crippen molar-refractivity contribution in [2.75, 3.05) is 0 Å². The van der Waals surface area contributed by atoms with E-state index in [1.165, 1.54) is 0 Å². The van der Waals surface area contributed by atoms with Gasteiger partial charge in [-0.1, -0.05) is 157 Å². The number of hydrogen-bond acceptors (Lipinski definition) is 4. The van der Waals surface area contributed by atoms with Gasteiger partial charge in [-0.15, -0.1) is 5.10 Å². The largest absolute Gasteiger partial charge is 0.343 e. The van der Waals surface area contributed by atoms with Crippen molar-refractivity contribution in [2.24, 2.45) is 0 Å². The van der Waals surface area contributed by atoms with Gasteiger partial charge in [0.25, 0.3) is 0 Å². The van der Waals surface area contributed by atoms with Crippen LogP contribution in [0.2, 0.25) is 0 Å². The molecule has 0 radical (unpaired) electrons. The molecule has 0 aliphatic carbocycles. The van der Waals surface area contributed by atoms with Gasteiger partial charge in [0.2, 0.25) is 0 Å². The van der Waals surface area contributed by atoms with Gasteiger partial charge in [-0.25, -0.2) is 4.68 Å². The molecule has 0 aliphatic rings. The first-order chi connectivity index (χ1) is 20.8. The van der Waals surface area contributed by atoms with Gasteiger partial charge in [-0.2, -0.15) is 0 Å². The zero-order valence-corrected chi connectivity index (χ0v) is 24.9. The zero-order valence-electron chi connectivity index (χ0n) is 23.1. The van der Waals surface area contributed by atoms with Crippen LogP contribution in [0.25, 0.3) is 0 Å². The average Bonchev–Trinajstić information content (AvgIpc) is 3.44. The molecule has 0 fully saturated rings. The maximum atomic E-state index is 6.77. The highest BCUT2D eigenvalue weighted by Gasteiger charge is 2.22. The molecule has 0 amide bonds. The van der Waals surface area contributed by atoms with Crippen LogP contribution in [0.4, 0.5) is 0 Å². The molecular weight excluding hydrogens is 556 g/mol. The summed E-state index contributed by atoms with van der Waals surface area (Å²) >= 11 is 0. The SMILES string of the molecule is c1ccc(Cn2nnc(COP(c3ccccc3)c3ccccc3)c2COP(c2ccccc2)c2ccccc2)cc1. The van der Waals surface area contributed by atoms with Gasteiger partial charge in [-0.05, 0) is 5.56 Å². The normalized spacial score (nSPS) is 11.3. The van der Waals surface area contributed by atoms with E-state index >= 15 is 0 Å². The fourth-order valence-electron chi connectivity index (χ4n) is 4.62. The molecule has 0 bridgehead atoms. The molecule has 5 nitrogen and oxygen atoms in total. The van der Waals surface area contributed by atoms with Crippen LogP contribution in [-0.4, -0.2) is 15.0 Å². The molecule has 0 spiro atoms. The minimum Gasteiger partial charge on any atom is -0.343 e. The summed E-state index contributed by atoms with van der Waals surface area (Å²) in [4.78, 5) is 0. The molecule has 1 aromatic heterocycles. The van der Waals surface area contributed by atoms with Crippen LogP contribution >= 0.6 is 16.3 Å². The topological polar surface area (TPSA) is 49.2 Å². The third-order valence-corrected chi connectivity index (χ3v) is 10.6. The van der Waals surface area contributed by atoms with Crippen molar-refractivity contribution in [2.45, 2.75) is 19.8 Å². The number of rotatable bonds is 12. The smallest absolute Gasteiger partial charge is 0.114 e. The zero-order chi connectivity index (χ0) is 28.4. The van der Waals surface area contributed by atoms with Crippen LogP contribution in [0, 0.1) is 0 Å². The molecule has 0 aliphatic heterocycles. The minimum atomic E-state index is -1.04. The van der Waals surface area contributed by atoms with Crippen molar-refractivity contribution in [3.05, 3.63) is 169 Å². The average molecular weight is 588 g/mol. The Morgan fingerprint density at radius 1 is 0.476 bits per heavy atom. The summed E-state index contributed by atoms with van der Waals surface area (Å²) in [7, 11) is -2.07. The third kappa shape index (κ3) is 7.07. The number of hydrogen-bond donors (Lipinski definition) is 0. The van der Waals surface area contributed by atoms with Crippen LogP contribution in [0.1, 0.15) is 17.0 Å². The van der Waals surface area contributed by atoms with Crippen molar-refractivity contribution >= 4 is 37.5 Å². The van der Waals surface area contributed by atoms with Crippen molar-refractivity contribution in [3.63, 3.8) is 0 Å². The fraction of sp³-hybridized carbons (Fsp3) is 0.0857. The van der Waals surface area contributed by atoms with E-state index in [1.54, 1.807) is 0 Å². The summed E-state index contributed by atoms with van der Waals surface area (Å²) in [6, 6.07) is 52.0. The molecule has 1 heterocycles. The van der Waals surface area contributed by atoms with E-state index < -0.39 is 16.3 Å². The number of nitrogens with zero attached hydrogens (tertiary/aromatic N) is 3. The first-order valence-corrected chi connectivity index (χ1v) is 16.4. The summed E-state index contributed by atoms with van der Waals surface area (Å²) < 4.78 is 15.4. The second kappa shape index (κ2) is 14.3. The van der Waals surface area contributed by atoms with E-state index in [-0.39, 0.29) is 0 Å². The summed E-state index contributed by atoms with van der Waals surface area (Å²) in [6.45, 7) is 1.30. The fourth-order valence-corrected chi connectivity index (χ4v) is 8.09. The monoisotopic (exact) mass is 587 g/mol. The van der Waals surface area contributed by atoms with Gasteiger partial charge in [-0.3, -0.25) is 0 Å². The minimum absolute atomic E-state index is 0.331. The summed E-state index contributed by atoms with van der Waals surface area (Å²) in [5.41, 5.74) is 2.87. The standard InChI is InChI=1S/C35H31N3O2P2/c1-6-16-29(17-7-1)26-38-35(28-40-42(32-22-12-4-13-23-32)33-24-14-5-15-25-33)34(36-37-38)27-39-41(30-18-8-2-9-19-30)31-20-10-3-11-21-31/h1-25H,26-28H2. The van der Waals surface area contributed by atoms with Gasteiger partial charge < -0.3 is 9.05 Å². The molecule has 6 aromatic rings. The molecule has 0 N–H and O–H groups in total. The highest BCUT2D eigenvalue weighted by Crippen LogP contribution is 2.38. The van der Waals surface area contributed by atoms with E-state index in [1.807, 2.05) is 47.1 Å². The van der Waals surface area contributed by atoms with Gasteiger partial charge in [0, 0.05) is 21.2 Å². The Hall–Kier alpha value is -3.98. The van der Waals surface area contributed by atoms with Crippen molar-refractivity contribution in [1.82, 2.24) is 15.0 Å². The van der Waals surface area contributed by atoms with E-state index in [2.05, 4.69) is 120 Å². The predicted molar refractivity (Wildman–Crippen MR) is 173 cm³/mol. The lowest BCUT2D eigenvalue weighted by molar-refractivity contribution is 0.314. The summed E-state index contributed by atoms with van der Waals surface area (Å²) in [5, 5.41) is 13.8. The summed E-state index contributed by atoms with van der Waals surface area (Å²) in [6.07, 6.45) is 0. The molecule has 42 heavy (non-hydrogen) atoms. The molecule has 0 saturated heterocycles.